The van der Waals surface area contributed by atoms with E-state index < -0.39 is 0 Å². The zero-order valence-corrected chi connectivity index (χ0v) is 19.6. The number of rotatable bonds is 5. The minimum absolute atomic E-state index is 0.142. The number of hydrogen-bond donors (Lipinski definition) is 1. The molecule has 1 heterocycles. The van der Waals surface area contributed by atoms with Crippen LogP contribution in [0.5, 0.6) is 11.5 Å². The van der Waals surface area contributed by atoms with Crippen molar-refractivity contribution in [2.75, 3.05) is 12.4 Å². The van der Waals surface area contributed by atoms with Crippen LogP contribution in [-0.4, -0.2) is 12.6 Å². The number of fused-ring (bicyclic) bond motifs is 1. The van der Waals surface area contributed by atoms with Gasteiger partial charge in [0.15, 0.2) is 0 Å². The van der Waals surface area contributed by atoms with E-state index in [1.807, 2.05) is 6.07 Å². The van der Waals surface area contributed by atoms with Crippen LogP contribution in [0.4, 0.5) is 10.1 Å². The molecule has 0 atom stereocenters. The minimum Gasteiger partial charge on any atom is -0.496 e. The second-order valence-corrected chi connectivity index (χ2v) is 9.04. The van der Waals surface area contributed by atoms with Gasteiger partial charge in [0.25, 0.3) is 0 Å². The maximum Gasteiger partial charge on any atom is 0.129 e. The van der Waals surface area contributed by atoms with Crippen molar-refractivity contribution < 1.29 is 13.9 Å². The van der Waals surface area contributed by atoms with E-state index >= 15 is 0 Å². The number of nitrogens with one attached hydrogen (secondary N) is 1. The van der Waals surface area contributed by atoms with Crippen molar-refractivity contribution in [1.82, 2.24) is 0 Å². The summed E-state index contributed by atoms with van der Waals surface area (Å²) in [5.74, 6) is 1.08. The summed E-state index contributed by atoms with van der Waals surface area (Å²) in [6.45, 7) is 10.9. The lowest BCUT2D eigenvalue weighted by atomic mass is 9.85. The Kier molecular flexibility index (Phi) is 5.72. The first-order chi connectivity index (χ1) is 15.2. The molecule has 1 aliphatic rings. The number of para-hydroxylation sites is 1. The molecule has 4 rings (SSSR count). The Morgan fingerprint density at radius 2 is 1.62 bits per heavy atom. The molecule has 0 saturated carbocycles. The van der Waals surface area contributed by atoms with Crippen LogP contribution in [-0.2, 0) is 6.61 Å². The van der Waals surface area contributed by atoms with E-state index in [1.54, 1.807) is 13.2 Å². The van der Waals surface area contributed by atoms with Gasteiger partial charge in [-0.3, -0.25) is 0 Å². The number of anilines is 1. The third-order valence-electron chi connectivity index (χ3n) is 5.96. The van der Waals surface area contributed by atoms with Crippen LogP contribution < -0.4 is 14.8 Å². The molecule has 1 aliphatic heterocycles. The standard InChI is InChI=1S/C28H30FNO2/c1-17-8-7-9-18(2)27(17)32-16-23-21(22-11-10-20(29)14-25(22)31-6)12-13-24-26(23)19(3)15-28(4,5)30-24/h7-15,30H,16H2,1-6H3. The van der Waals surface area contributed by atoms with Gasteiger partial charge in [-0.2, -0.15) is 0 Å². The Balaban J connectivity index is 1.89. The molecule has 0 aromatic heterocycles. The number of allylic oxidation sites excluding steroid dienone is 1. The van der Waals surface area contributed by atoms with Gasteiger partial charge in [0.2, 0.25) is 0 Å². The predicted octanol–water partition coefficient (Wildman–Crippen LogP) is 7.30. The van der Waals surface area contributed by atoms with Crippen molar-refractivity contribution in [3.05, 3.63) is 82.7 Å². The average molecular weight is 432 g/mol. The summed E-state index contributed by atoms with van der Waals surface area (Å²) in [6, 6.07) is 15.0. The van der Waals surface area contributed by atoms with Crippen LogP contribution in [0.1, 0.15) is 43.0 Å². The second-order valence-electron chi connectivity index (χ2n) is 9.04. The molecule has 0 radical (unpaired) electrons. The molecule has 0 amide bonds. The van der Waals surface area contributed by atoms with Crippen molar-refractivity contribution in [3.8, 4) is 22.6 Å². The van der Waals surface area contributed by atoms with Gasteiger partial charge in [0.1, 0.15) is 23.9 Å². The van der Waals surface area contributed by atoms with Gasteiger partial charge in [-0.15, -0.1) is 0 Å². The molecule has 3 aromatic rings. The summed E-state index contributed by atoms with van der Waals surface area (Å²) >= 11 is 0. The molecule has 166 valence electrons. The molecular weight excluding hydrogens is 401 g/mol. The van der Waals surface area contributed by atoms with E-state index in [0.717, 1.165) is 44.8 Å². The summed E-state index contributed by atoms with van der Waals surface area (Å²) in [5.41, 5.74) is 8.30. The quantitative estimate of drug-likeness (QED) is 0.460. The lowest BCUT2D eigenvalue weighted by molar-refractivity contribution is 0.302. The molecule has 0 saturated heterocycles. The van der Waals surface area contributed by atoms with E-state index in [4.69, 9.17) is 9.47 Å². The lowest BCUT2D eigenvalue weighted by Gasteiger charge is -2.33. The van der Waals surface area contributed by atoms with Crippen molar-refractivity contribution in [3.63, 3.8) is 0 Å². The summed E-state index contributed by atoms with van der Waals surface area (Å²) in [4.78, 5) is 0. The van der Waals surface area contributed by atoms with Gasteiger partial charge < -0.3 is 14.8 Å². The van der Waals surface area contributed by atoms with Gasteiger partial charge >= 0.3 is 0 Å². The minimum atomic E-state index is -0.323. The highest BCUT2D eigenvalue weighted by Crippen LogP contribution is 2.43. The normalized spacial score (nSPS) is 14.3. The fourth-order valence-electron chi connectivity index (χ4n) is 4.66. The average Bonchev–Trinajstić information content (AvgIpc) is 2.72. The van der Waals surface area contributed by atoms with Crippen LogP contribution in [0.25, 0.3) is 16.7 Å². The van der Waals surface area contributed by atoms with E-state index in [1.165, 1.54) is 17.7 Å². The zero-order chi connectivity index (χ0) is 23.0. The molecule has 4 heteroatoms. The number of aryl methyl sites for hydroxylation is 2. The summed E-state index contributed by atoms with van der Waals surface area (Å²) in [5, 5.41) is 3.62. The topological polar surface area (TPSA) is 30.5 Å². The summed E-state index contributed by atoms with van der Waals surface area (Å²) in [7, 11) is 1.57. The van der Waals surface area contributed by atoms with Crippen LogP contribution in [0.2, 0.25) is 0 Å². The fourth-order valence-corrected chi connectivity index (χ4v) is 4.66. The highest BCUT2D eigenvalue weighted by atomic mass is 19.1. The smallest absolute Gasteiger partial charge is 0.129 e. The van der Waals surface area contributed by atoms with Gasteiger partial charge in [0, 0.05) is 28.4 Å². The molecule has 3 aromatic carbocycles. The third-order valence-corrected chi connectivity index (χ3v) is 5.96. The number of ether oxygens (including phenoxy) is 2. The van der Waals surface area contributed by atoms with Crippen molar-refractivity contribution in [2.24, 2.45) is 0 Å². The molecule has 0 spiro atoms. The zero-order valence-electron chi connectivity index (χ0n) is 19.6. The largest absolute Gasteiger partial charge is 0.496 e. The first kappa shape index (κ1) is 21.9. The van der Waals surface area contributed by atoms with Gasteiger partial charge in [-0.1, -0.05) is 30.3 Å². The number of benzene rings is 3. The van der Waals surface area contributed by atoms with E-state index in [9.17, 15) is 4.39 Å². The third kappa shape index (κ3) is 4.10. The lowest BCUT2D eigenvalue weighted by Crippen LogP contribution is -2.32. The first-order valence-corrected chi connectivity index (χ1v) is 10.9. The first-order valence-electron chi connectivity index (χ1n) is 10.9. The van der Waals surface area contributed by atoms with E-state index in [-0.39, 0.29) is 11.4 Å². The highest BCUT2D eigenvalue weighted by molar-refractivity contribution is 5.88. The molecule has 0 unspecified atom stereocenters. The predicted molar refractivity (Wildman–Crippen MR) is 130 cm³/mol. The fraction of sp³-hybridized carbons (Fsp3) is 0.286. The van der Waals surface area contributed by atoms with Crippen molar-refractivity contribution in [2.45, 2.75) is 46.8 Å². The van der Waals surface area contributed by atoms with Gasteiger partial charge in [0.05, 0.1) is 12.6 Å². The number of halogens is 1. The number of hydrogen-bond acceptors (Lipinski definition) is 3. The molecule has 3 nitrogen and oxygen atoms in total. The highest BCUT2D eigenvalue weighted by Gasteiger charge is 2.27. The van der Waals surface area contributed by atoms with Crippen molar-refractivity contribution >= 4 is 11.3 Å². The Morgan fingerprint density at radius 3 is 2.31 bits per heavy atom. The van der Waals surface area contributed by atoms with Crippen molar-refractivity contribution in [1.29, 1.82) is 0 Å². The SMILES string of the molecule is COc1cc(F)ccc1-c1ccc2c(c1COc1c(C)cccc1C)C(C)=CC(C)(C)N2. The maximum atomic E-state index is 13.9. The summed E-state index contributed by atoms with van der Waals surface area (Å²) < 4.78 is 25.8. The maximum absolute atomic E-state index is 13.9. The number of methoxy groups -OCH3 is 1. The van der Waals surface area contributed by atoms with Crippen LogP contribution in [0.3, 0.4) is 0 Å². The Labute approximate surface area is 189 Å². The van der Waals surface area contributed by atoms with Gasteiger partial charge in [-0.05, 0) is 75.1 Å². The molecule has 0 fully saturated rings. The second kappa shape index (κ2) is 8.34. The van der Waals surface area contributed by atoms with Crippen LogP contribution in [0.15, 0.2) is 54.6 Å². The van der Waals surface area contributed by atoms with Crippen LogP contribution >= 0.6 is 0 Å². The van der Waals surface area contributed by atoms with Gasteiger partial charge in [-0.25, -0.2) is 4.39 Å². The van der Waals surface area contributed by atoms with E-state index in [0.29, 0.717) is 12.4 Å². The van der Waals surface area contributed by atoms with Crippen LogP contribution in [0, 0.1) is 19.7 Å². The molecule has 0 aliphatic carbocycles. The summed E-state index contributed by atoms with van der Waals surface area (Å²) in [6.07, 6.45) is 2.24. The monoisotopic (exact) mass is 431 g/mol. The van der Waals surface area contributed by atoms with E-state index in [2.05, 4.69) is 70.3 Å². The Morgan fingerprint density at radius 1 is 0.938 bits per heavy atom. The Bertz CT molecular complexity index is 1190. The molecule has 32 heavy (non-hydrogen) atoms. The Hall–Kier alpha value is -3.27. The molecular formula is C28H30FNO2. The molecule has 0 bridgehead atoms. The molecule has 1 N–H and O–H groups in total.